The van der Waals surface area contributed by atoms with Gasteiger partial charge in [-0.3, -0.25) is 20.8 Å². The van der Waals surface area contributed by atoms with E-state index in [0.29, 0.717) is 36.8 Å². The number of hydrogen-bond donors (Lipinski definition) is 4. The molecule has 0 aliphatic rings. The average Bonchev–Trinajstić information content (AvgIpc) is 3.56. The van der Waals surface area contributed by atoms with Crippen LogP contribution >= 0.6 is 0 Å². The predicted molar refractivity (Wildman–Crippen MR) is 142 cm³/mol. The maximum atomic E-state index is 6.33. The van der Waals surface area contributed by atoms with E-state index in [9.17, 15) is 0 Å². The maximum Gasteiger partial charge on any atom is 0.269 e. The molecular weight excluding hydrogens is 492 g/mol. The highest BCUT2D eigenvalue weighted by Crippen LogP contribution is 2.44. The van der Waals surface area contributed by atoms with Crippen molar-refractivity contribution in [3.63, 3.8) is 0 Å². The van der Waals surface area contributed by atoms with Gasteiger partial charge in [-0.2, -0.15) is 9.97 Å². The van der Waals surface area contributed by atoms with Crippen LogP contribution in [0.1, 0.15) is 78.9 Å². The van der Waals surface area contributed by atoms with Crippen molar-refractivity contribution in [2.24, 2.45) is 0 Å². The maximum absolute atomic E-state index is 6.33. The minimum atomic E-state index is -1.94. The largest absolute Gasteiger partial charge is 0.409 e. The molecule has 0 atom stereocenters. The zero-order valence-corrected chi connectivity index (χ0v) is 24.1. The molecule has 3 rings (SSSR count). The molecule has 4 N–H and O–H groups in total. The number of hydrogen-bond acceptors (Lipinski definition) is 12. The molecule has 0 radical (unpaired) electrons. The summed E-state index contributed by atoms with van der Waals surface area (Å²) in [6.45, 7) is 18.2. The lowest BCUT2D eigenvalue weighted by atomic mass is 10.0. The van der Waals surface area contributed by atoms with Gasteiger partial charge in [0.15, 0.2) is 20.0 Å². The topological polar surface area (TPSA) is 177 Å². The summed E-state index contributed by atoms with van der Waals surface area (Å²) in [5.41, 5.74) is -0.193. The van der Waals surface area contributed by atoms with Crippen LogP contribution in [-0.4, -0.2) is 64.7 Å². The van der Waals surface area contributed by atoms with Crippen molar-refractivity contribution in [3.8, 4) is 0 Å². The molecule has 0 saturated carbocycles. The van der Waals surface area contributed by atoms with E-state index in [-0.39, 0.29) is 22.5 Å². The summed E-state index contributed by atoms with van der Waals surface area (Å²) in [7, 11) is -1.94. The zero-order valence-electron chi connectivity index (χ0n) is 23.1. The molecule has 0 fully saturated rings. The quantitative estimate of drug-likeness (QED) is 0.203. The molecule has 0 unspecified atom stereocenters. The monoisotopic (exact) mass is 532 g/mol. The Kier molecular flexibility index (Phi) is 9.25. The number of aromatic amines is 2. The van der Waals surface area contributed by atoms with Gasteiger partial charge in [0.05, 0.1) is 12.2 Å². The minimum Gasteiger partial charge on any atom is -0.409 e. The number of H-pyrrole nitrogens is 2. The molecule has 0 aliphatic carbocycles. The Morgan fingerprint density at radius 3 is 1.59 bits per heavy atom. The molecule has 3 aromatic rings. The van der Waals surface area contributed by atoms with E-state index in [2.05, 4.69) is 116 Å². The van der Waals surface area contributed by atoms with Crippen LogP contribution in [0.25, 0.3) is 0 Å². The van der Waals surface area contributed by atoms with Crippen molar-refractivity contribution in [3.05, 3.63) is 11.6 Å². The van der Waals surface area contributed by atoms with Crippen molar-refractivity contribution in [2.75, 3.05) is 10.6 Å². The summed E-state index contributed by atoms with van der Waals surface area (Å²) in [4.78, 5) is 8.76. The van der Waals surface area contributed by atoms with Gasteiger partial charge in [0.25, 0.3) is 11.9 Å². The normalized spacial score (nSPS) is 12.6. The Balaban J connectivity index is 1.51. The number of ether oxygens (including phenoxy) is 1. The lowest BCUT2D eigenvalue weighted by Gasteiger charge is -2.40. The third kappa shape index (κ3) is 7.26. The summed E-state index contributed by atoms with van der Waals surface area (Å²) in [6, 6.07) is 0. The van der Waals surface area contributed by atoms with E-state index in [1.54, 1.807) is 0 Å². The second-order valence-electron chi connectivity index (χ2n) is 10.0. The molecule has 0 aromatic carbocycles. The van der Waals surface area contributed by atoms with E-state index in [1.165, 1.54) is 0 Å². The van der Waals surface area contributed by atoms with Crippen LogP contribution in [0.4, 0.5) is 23.8 Å². The molecule has 37 heavy (non-hydrogen) atoms. The third-order valence-corrected chi connectivity index (χ3v) is 12.1. The molecule has 3 aromatic heterocycles. The highest BCUT2D eigenvalue weighted by molar-refractivity contribution is 6.74. The van der Waals surface area contributed by atoms with E-state index in [4.69, 9.17) is 9.16 Å². The van der Waals surface area contributed by atoms with Crippen LogP contribution in [0.2, 0.25) is 18.1 Å². The molecule has 0 amide bonds. The van der Waals surface area contributed by atoms with Gasteiger partial charge >= 0.3 is 0 Å². The second-order valence-corrected chi connectivity index (χ2v) is 14.5. The van der Waals surface area contributed by atoms with Gasteiger partial charge in [-0.1, -0.05) is 47.5 Å². The van der Waals surface area contributed by atoms with Crippen LogP contribution < -0.4 is 10.6 Å². The third-order valence-electron chi connectivity index (χ3n) is 7.63. The van der Waals surface area contributed by atoms with E-state index < -0.39 is 8.32 Å². The fraction of sp³-hybridized carbons (Fsp3) is 0.727. The number of aromatic nitrogens is 10. The Morgan fingerprint density at radius 2 is 1.16 bits per heavy atom. The molecular formula is C22H40N12O2Si. The molecule has 3 heterocycles. The molecule has 15 heteroatoms. The fourth-order valence-corrected chi connectivity index (χ4v) is 6.13. The van der Waals surface area contributed by atoms with Gasteiger partial charge in [-0.25, -0.2) is 0 Å². The summed E-state index contributed by atoms with van der Waals surface area (Å²) < 4.78 is 12.3. The van der Waals surface area contributed by atoms with Gasteiger partial charge in [0, 0.05) is 0 Å². The van der Waals surface area contributed by atoms with Crippen molar-refractivity contribution in [1.29, 1.82) is 0 Å². The van der Waals surface area contributed by atoms with Gasteiger partial charge < -0.3 is 9.16 Å². The zero-order chi connectivity index (χ0) is 27.1. The Bertz CT molecular complexity index is 1110. The van der Waals surface area contributed by atoms with Crippen molar-refractivity contribution in [1.82, 2.24) is 50.8 Å². The summed E-state index contributed by atoms with van der Waals surface area (Å²) in [5, 5.41) is 36.0. The minimum absolute atomic E-state index is 0.148. The smallest absolute Gasteiger partial charge is 0.269 e. The Hall–Kier alpha value is -3.04. The van der Waals surface area contributed by atoms with E-state index in [0.717, 1.165) is 25.7 Å². The standard InChI is InChI=1S/C22H40N12O2Si/c1-9-21(5,10-2)35-13-15-23-17(29-27-15)25-19-31-33-20(34-32-19)26-18-24-16(28-30-18)14-36-37(7,8)22(6,11-3)12-4/h9-14H2,1-8H3,(H2,23,25,27,29,31,32)(H2,24,26,28,30,33,34). The van der Waals surface area contributed by atoms with Gasteiger partial charge in [-0.15, -0.1) is 30.6 Å². The molecule has 0 bridgehead atoms. The van der Waals surface area contributed by atoms with Gasteiger partial charge in [0.1, 0.15) is 6.61 Å². The first-order valence-corrected chi connectivity index (χ1v) is 15.7. The van der Waals surface area contributed by atoms with Crippen LogP contribution in [0, 0.1) is 0 Å². The first-order chi connectivity index (χ1) is 17.5. The molecule has 0 aliphatic heterocycles. The van der Waals surface area contributed by atoms with Crippen molar-refractivity contribution in [2.45, 2.75) is 104 Å². The highest BCUT2D eigenvalue weighted by atomic mass is 28.4. The lowest BCUT2D eigenvalue weighted by molar-refractivity contribution is -0.0508. The Morgan fingerprint density at radius 1 is 0.703 bits per heavy atom. The predicted octanol–water partition coefficient (Wildman–Crippen LogP) is 4.39. The van der Waals surface area contributed by atoms with E-state index >= 15 is 0 Å². The number of nitrogens with one attached hydrogen (secondary N) is 4. The van der Waals surface area contributed by atoms with Crippen molar-refractivity contribution < 1.29 is 9.16 Å². The highest BCUT2D eigenvalue weighted by Gasteiger charge is 2.42. The second kappa shape index (κ2) is 12.0. The molecule has 204 valence electrons. The van der Waals surface area contributed by atoms with Crippen LogP contribution in [-0.2, 0) is 22.4 Å². The first-order valence-electron chi connectivity index (χ1n) is 12.8. The summed E-state index contributed by atoms with van der Waals surface area (Å²) in [5.74, 6) is 2.12. The summed E-state index contributed by atoms with van der Waals surface area (Å²) in [6.07, 6.45) is 3.98. The Labute approximate surface area is 218 Å². The first kappa shape index (κ1) is 28.5. The van der Waals surface area contributed by atoms with Crippen molar-refractivity contribution >= 4 is 32.1 Å². The van der Waals surface area contributed by atoms with E-state index in [1.807, 2.05) is 0 Å². The summed E-state index contributed by atoms with van der Waals surface area (Å²) >= 11 is 0. The van der Waals surface area contributed by atoms with Gasteiger partial charge in [0.2, 0.25) is 11.9 Å². The number of rotatable bonds is 15. The number of nitrogens with zero attached hydrogens (tertiary/aromatic N) is 8. The fourth-order valence-electron chi connectivity index (χ4n) is 3.58. The average molecular weight is 533 g/mol. The SMILES string of the molecule is CCC(C)(CC)OCc1nc(Nc2nnc(Nc3n[nH]c(CO[Si](C)(C)C(C)(CC)CC)n3)nn2)n[nH]1. The van der Waals surface area contributed by atoms with Crippen LogP contribution in [0.5, 0.6) is 0 Å². The van der Waals surface area contributed by atoms with Crippen LogP contribution in [0.3, 0.4) is 0 Å². The number of anilines is 4. The van der Waals surface area contributed by atoms with Gasteiger partial charge in [-0.05, 0) is 37.9 Å². The molecule has 0 saturated heterocycles. The molecule has 0 spiro atoms. The molecule has 14 nitrogen and oxygen atoms in total. The lowest BCUT2D eigenvalue weighted by Crippen LogP contribution is -2.43. The van der Waals surface area contributed by atoms with Crippen LogP contribution in [0.15, 0.2) is 0 Å².